The SMILES string of the molecule is Cc1nccc(CNc2cc(C(=O)O)c(N)cc2F)n1. The Balaban J connectivity index is 2.21. The first kappa shape index (κ1) is 13.7. The van der Waals surface area contributed by atoms with Crippen molar-refractivity contribution in [2.75, 3.05) is 11.1 Å². The molecule has 0 saturated carbocycles. The molecule has 4 N–H and O–H groups in total. The number of aromatic nitrogens is 2. The van der Waals surface area contributed by atoms with Gasteiger partial charge in [0.05, 0.1) is 23.5 Å². The van der Waals surface area contributed by atoms with Gasteiger partial charge >= 0.3 is 5.97 Å². The molecule has 2 rings (SSSR count). The number of benzene rings is 1. The van der Waals surface area contributed by atoms with E-state index in [0.717, 1.165) is 6.07 Å². The molecule has 0 fully saturated rings. The molecule has 1 aromatic carbocycles. The Kier molecular flexibility index (Phi) is 3.79. The van der Waals surface area contributed by atoms with E-state index in [4.69, 9.17) is 10.8 Å². The van der Waals surface area contributed by atoms with E-state index in [2.05, 4.69) is 15.3 Å². The maximum atomic E-state index is 13.7. The van der Waals surface area contributed by atoms with Gasteiger partial charge in [0.1, 0.15) is 11.6 Å². The maximum Gasteiger partial charge on any atom is 0.337 e. The van der Waals surface area contributed by atoms with Gasteiger partial charge in [0.15, 0.2) is 0 Å². The van der Waals surface area contributed by atoms with E-state index in [1.807, 2.05) is 0 Å². The summed E-state index contributed by atoms with van der Waals surface area (Å²) >= 11 is 0. The molecule has 104 valence electrons. The number of hydrogen-bond donors (Lipinski definition) is 3. The molecule has 2 aromatic rings. The number of carbonyl (C=O) groups is 1. The second kappa shape index (κ2) is 5.52. The quantitative estimate of drug-likeness (QED) is 0.736. The average molecular weight is 276 g/mol. The fourth-order valence-electron chi connectivity index (χ4n) is 1.70. The lowest BCUT2D eigenvalue weighted by Crippen LogP contribution is -2.08. The molecule has 0 atom stereocenters. The number of nitrogens with zero attached hydrogens (tertiary/aromatic N) is 2. The number of carboxylic acids is 1. The van der Waals surface area contributed by atoms with Crippen molar-refractivity contribution >= 4 is 17.3 Å². The molecule has 0 bridgehead atoms. The van der Waals surface area contributed by atoms with Crippen LogP contribution >= 0.6 is 0 Å². The third-order valence-electron chi connectivity index (χ3n) is 2.66. The lowest BCUT2D eigenvalue weighted by Gasteiger charge is -2.10. The number of aryl methyl sites for hydroxylation is 1. The minimum atomic E-state index is -1.21. The standard InChI is InChI=1S/C13H13FN4O2/c1-7-16-3-2-8(18-7)6-17-12-4-9(13(19)20)11(15)5-10(12)14/h2-5,17H,6,15H2,1H3,(H,19,20). The molecule has 0 radical (unpaired) electrons. The summed E-state index contributed by atoms with van der Waals surface area (Å²) in [5, 5.41) is 11.7. The number of rotatable bonds is 4. The van der Waals surface area contributed by atoms with Crippen LogP contribution < -0.4 is 11.1 Å². The summed E-state index contributed by atoms with van der Waals surface area (Å²) in [6.45, 7) is 2.00. The van der Waals surface area contributed by atoms with E-state index in [9.17, 15) is 9.18 Å². The number of halogens is 1. The van der Waals surface area contributed by atoms with Crippen molar-refractivity contribution in [3.63, 3.8) is 0 Å². The molecule has 20 heavy (non-hydrogen) atoms. The average Bonchev–Trinajstić information content (AvgIpc) is 2.37. The number of nitrogen functional groups attached to an aromatic ring is 1. The Bertz CT molecular complexity index is 661. The zero-order chi connectivity index (χ0) is 14.7. The Labute approximate surface area is 114 Å². The normalized spacial score (nSPS) is 10.3. The van der Waals surface area contributed by atoms with Crippen molar-refractivity contribution in [1.82, 2.24) is 9.97 Å². The molecule has 1 aromatic heterocycles. The number of anilines is 2. The van der Waals surface area contributed by atoms with Crippen LogP contribution in [0.5, 0.6) is 0 Å². The largest absolute Gasteiger partial charge is 0.478 e. The first-order chi connectivity index (χ1) is 9.47. The molecule has 0 aliphatic rings. The van der Waals surface area contributed by atoms with Crippen LogP contribution in [0, 0.1) is 12.7 Å². The van der Waals surface area contributed by atoms with E-state index in [1.54, 1.807) is 19.2 Å². The van der Waals surface area contributed by atoms with E-state index in [0.29, 0.717) is 11.5 Å². The van der Waals surface area contributed by atoms with Crippen LogP contribution in [0.25, 0.3) is 0 Å². The first-order valence-electron chi connectivity index (χ1n) is 5.82. The van der Waals surface area contributed by atoms with Crippen LogP contribution in [0.2, 0.25) is 0 Å². The zero-order valence-electron chi connectivity index (χ0n) is 10.7. The van der Waals surface area contributed by atoms with Crippen LogP contribution in [0.3, 0.4) is 0 Å². The highest BCUT2D eigenvalue weighted by Gasteiger charge is 2.13. The van der Waals surface area contributed by atoms with Crippen LogP contribution in [0.4, 0.5) is 15.8 Å². The van der Waals surface area contributed by atoms with Crippen LogP contribution in [0.1, 0.15) is 21.9 Å². The fourth-order valence-corrected chi connectivity index (χ4v) is 1.70. The maximum absolute atomic E-state index is 13.7. The lowest BCUT2D eigenvalue weighted by molar-refractivity contribution is 0.0698. The Morgan fingerprint density at radius 2 is 2.25 bits per heavy atom. The summed E-state index contributed by atoms with van der Waals surface area (Å²) in [6.07, 6.45) is 1.60. The number of nitrogens with one attached hydrogen (secondary N) is 1. The highest BCUT2D eigenvalue weighted by Crippen LogP contribution is 2.22. The van der Waals surface area contributed by atoms with Gasteiger partial charge < -0.3 is 16.2 Å². The van der Waals surface area contributed by atoms with Crippen molar-refractivity contribution in [1.29, 1.82) is 0 Å². The van der Waals surface area contributed by atoms with Gasteiger partial charge in [-0.2, -0.15) is 0 Å². The summed E-state index contributed by atoms with van der Waals surface area (Å²) in [4.78, 5) is 19.1. The monoisotopic (exact) mass is 276 g/mol. The molecule has 0 unspecified atom stereocenters. The van der Waals surface area contributed by atoms with Gasteiger partial charge in [-0.15, -0.1) is 0 Å². The molecular formula is C13H13FN4O2. The molecule has 6 nitrogen and oxygen atoms in total. The van der Waals surface area contributed by atoms with E-state index < -0.39 is 11.8 Å². The number of nitrogens with two attached hydrogens (primary N) is 1. The minimum absolute atomic E-state index is 0.0628. The molecule has 0 aliphatic heterocycles. The van der Waals surface area contributed by atoms with Crippen molar-refractivity contribution < 1.29 is 14.3 Å². The third kappa shape index (κ3) is 3.00. The summed E-state index contributed by atoms with van der Waals surface area (Å²) in [5.41, 5.74) is 5.93. The van der Waals surface area contributed by atoms with Crippen molar-refractivity contribution in [3.05, 3.63) is 47.3 Å². The summed E-state index contributed by atoms with van der Waals surface area (Å²) < 4.78 is 13.7. The summed E-state index contributed by atoms with van der Waals surface area (Å²) in [6, 6.07) is 3.84. The third-order valence-corrected chi connectivity index (χ3v) is 2.66. The predicted octanol–water partition coefficient (Wildman–Crippen LogP) is 1.82. The zero-order valence-corrected chi connectivity index (χ0v) is 10.7. The molecule has 0 saturated heterocycles. The molecule has 1 heterocycles. The van der Waals surface area contributed by atoms with E-state index in [-0.39, 0.29) is 23.5 Å². The van der Waals surface area contributed by atoms with Crippen LogP contribution in [-0.4, -0.2) is 21.0 Å². The number of hydrogen-bond acceptors (Lipinski definition) is 5. The van der Waals surface area contributed by atoms with Crippen molar-refractivity contribution in [2.24, 2.45) is 0 Å². The Hall–Kier alpha value is -2.70. The fraction of sp³-hybridized carbons (Fsp3) is 0.154. The predicted molar refractivity (Wildman–Crippen MR) is 71.9 cm³/mol. The lowest BCUT2D eigenvalue weighted by atomic mass is 10.1. The topological polar surface area (TPSA) is 101 Å². The smallest absolute Gasteiger partial charge is 0.337 e. The highest BCUT2D eigenvalue weighted by molar-refractivity contribution is 5.94. The van der Waals surface area contributed by atoms with Gasteiger partial charge in [-0.05, 0) is 25.1 Å². The van der Waals surface area contributed by atoms with Crippen LogP contribution in [-0.2, 0) is 6.54 Å². The molecule has 0 amide bonds. The first-order valence-corrected chi connectivity index (χ1v) is 5.82. The second-order valence-electron chi connectivity index (χ2n) is 4.17. The van der Waals surface area contributed by atoms with Crippen LogP contribution in [0.15, 0.2) is 24.4 Å². The van der Waals surface area contributed by atoms with Gasteiger partial charge in [0, 0.05) is 11.9 Å². The highest BCUT2D eigenvalue weighted by atomic mass is 19.1. The van der Waals surface area contributed by atoms with Gasteiger partial charge in [-0.25, -0.2) is 19.2 Å². The van der Waals surface area contributed by atoms with Crippen molar-refractivity contribution in [2.45, 2.75) is 13.5 Å². The van der Waals surface area contributed by atoms with E-state index in [1.165, 1.54) is 6.07 Å². The summed E-state index contributed by atoms with van der Waals surface area (Å²) in [5.74, 6) is -1.21. The van der Waals surface area contributed by atoms with E-state index >= 15 is 0 Å². The number of carboxylic acid groups (broad SMARTS) is 1. The van der Waals surface area contributed by atoms with Gasteiger partial charge in [-0.1, -0.05) is 0 Å². The minimum Gasteiger partial charge on any atom is -0.478 e. The molecular weight excluding hydrogens is 263 g/mol. The summed E-state index contributed by atoms with van der Waals surface area (Å²) in [7, 11) is 0. The number of aromatic carboxylic acids is 1. The second-order valence-corrected chi connectivity index (χ2v) is 4.17. The Morgan fingerprint density at radius 1 is 1.50 bits per heavy atom. The van der Waals surface area contributed by atoms with Gasteiger partial charge in [-0.3, -0.25) is 0 Å². The van der Waals surface area contributed by atoms with Gasteiger partial charge in [0.25, 0.3) is 0 Å². The Morgan fingerprint density at radius 3 is 2.90 bits per heavy atom. The van der Waals surface area contributed by atoms with Gasteiger partial charge in [0.2, 0.25) is 0 Å². The molecule has 0 aliphatic carbocycles. The molecule has 0 spiro atoms. The van der Waals surface area contributed by atoms with Crippen molar-refractivity contribution in [3.8, 4) is 0 Å². The molecule has 7 heteroatoms.